The number of hydrogen-bond acceptors (Lipinski definition) is 7. The van der Waals surface area contributed by atoms with Crippen molar-refractivity contribution in [3.63, 3.8) is 0 Å². The number of morpholine rings is 1. The maximum absolute atomic E-state index is 10.3. The molecular formula is C19H32BNO6. The van der Waals surface area contributed by atoms with Gasteiger partial charge in [-0.3, -0.25) is 4.90 Å². The average Bonchev–Trinajstić information content (AvgIpc) is 2.60. The van der Waals surface area contributed by atoms with Gasteiger partial charge in [0.2, 0.25) is 0 Å². The fourth-order valence-corrected chi connectivity index (χ4v) is 2.55. The van der Waals surface area contributed by atoms with Crippen molar-refractivity contribution in [1.29, 1.82) is 0 Å². The van der Waals surface area contributed by atoms with Crippen LogP contribution < -0.4 is 10.2 Å². The van der Waals surface area contributed by atoms with Crippen LogP contribution in [-0.4, -0.2) is 84.0 Å². The summed E-state index contributed by atoms with van der Waals surface area (Å²) in [7, 11) is -1.16. The molecule has 2 rings (SSSR count). The molecule has 0 spiro atoms. The standard InChI is InChI=1S/C19H32BNO6/c1-18(2,23)19(3,4)27-20(24)15-5-7-17(8-6-15)26-14-16(22)13-21-9-11-25-12-10-21/h5-8,16,22-24H,9-14H2,1-4H3. The zero-order valence-electron chi connectivity index (χ0n) is 16.7. The van der Waals surface area contributed by atoms with Gasteiger partial charge in [0, 0.05) is 19.6 Å². The van der Waals surface area contributed by atoms with Gasteiger partial charge < -0.3 is 29.4 Å². The van der Waals surface area contributed by atoms with Gasteiger partial charge in [0.1, 0.15) is 18.5 Å². The average molecular weight is 381 g/mol. The van der Waals surface area contributed by atoms with Crippen LogP contribution in [0.5, 0.6) is 5.75 Å². The van der Waals surface area contributed by atoms with Crippen molar-refractivity contribution in [1.82, 2.24) is 4.90 Å². The zero-order chi connectivity index (χ0) is 20.1. The molecule has 1 aliphatic heterocycles. The summed E-state index contributed by atoms with van der Waals surface area (Å²) in [6, 6.07) is 6.85. The zero-order valence-corrected chi connectivity index (χ0v) is 16.7. The van der Waals surface area contributed by atoms with Crippen LogP contribution in [0.25, 0.3) is 0 Å². The summed E-state index contributed by atoms with van der Waals surface area (Å²) in [4.78, 5) is 2.15. The smallest absolute Gasteiger partial charge is 0.491 e. The molecule has 3 N–H and O–H groups in total. The second-order valence-corrected chi connectivity index (χ2v) is 7.99. The number of aliphatic hydroxyl groups is 2. The first-order chi connectivity index (χ1) is 12.6. The second-order valence-electron chi connectivity index (χ2n) is 7.99. The van der Waals surface area contributed by atoms with Gasteiger partial charge in [-0.15, -0.1) is 0 Å². The molecule has 0 bridgehead atoms. The van der Waals surface area contributed by atoms with E-state index in [1.54, 1.807) is 52.0 Å². The van der Waals surface area contributed by atoms with Crippen LogP contribution in [0.15, 0.2) is 24.3 Å². The molecular weight excluding hydrogens is 349 g/mol. The predicted molar refractivity (Wildman–Crippen MR) is 104 cm³/mol. The van der Waals surface area contributed by atoms with E-state index in [-0.39, 0.29) is 6.61 Å². The van der Waals surface area contributed by atoms with E-state index in [9.17, 15) is 15.2 Å². The van der Waals surface area contributed by atoms with E-state index in [1.807, 2.05) is 0 Å². The van der Waals surface area contributed by atoms with E-state index >= 15 is 0 Å². The fourth-order valence-electron chi connectivity index (χ4n) is 2.55. The molecule has 1 saturated heterocycles. The highest BCUT2D eigenvalue weighted by Crippen LogP contribution is 2.25. The first kappa shape index (κ1) is 22.1. The molecule has 0 radical (unpaired) electrons. The third kappa shape index (κ3) is 6.74. The van der Waals surface area contributed by atoms with Crippen LogP contribution in [-0.2, 0) is 9.39 Å². The SMILES string of the molecule is CC(C)(O)C(C)(C)OB(O)c1ccc(OCC(O)CN2CCOCC2)cc1. The lowest BCUT2D eigenvalue weighted by Gasteiger charge is -2.38. The van der Waals surface area contributed by atoms with E-state index in [0.717, 1.165) is 13.1 Å². The van der Waals surface area contributed by atoms with Gasteiger partial charge in [-0.25, -0.2) is 0 Å². The van der Waals surface area contributed by atoms with E-state index in [1.165, 1.54) is 0 Å². The first-order valence-electron chi connectivity index (χ1n) is 9.38. The van der Waals surface area contributed by atoms with Crippen molar-refractivity contribution in [2.45, 2.75) is 45.0 Å². The van der Waals surface area contributed by atoms with Gasteiger partial charge in [0.15, 0.2) is 0 Å². The predicted octanol–water partition coefficient (Wildman–Crippen LogP) is 0.0121. The molecule has 0 amide bonds. The van der Waals surface area contributed by atoms with Crippen molar-refractivity contribution < 1.29 is 29.4 Å². The molecule has 1 aromatic rings. The summed E-state index contributed by atoms with van der Waals surface area (Å²) in [5.74, 6) is 0.605. The van der Waals surface area contributed by atoms with Crippen molar-refractivity contribution in [3.05, 3.63) is 24.3 Å². The summed E-state index contributed by atoms with van der Waals surface area (Å²) >= 11 is 0. The Kier molecular flexibility index (Phi) is 7.68. The maximum Gasteiger partial charge on any atom is 0.491 e. The molecule has 7 nitrogen and oxygen atoms in total. The van der Waals surface area contributed by atoms with Crippen LogP contribution in [0.2, 0.25) is 0 Å². The Balaban J connectivity index is 1.82. The Morgan fingerprint density at radius 3 is 2.30 bits per heavy atom. The molecule has 8 heteroatoms. The van der Waals surface area contributed by atoms with Gasteiger partial charge >= 0.3 is 7.12 Å². The molecule has 1 aliphatic rings. The lowest BCUT2D eigenvalue weighted by Crippen LogP contribution is -2.53. The molecule has 0 aromatic heterocycles. The highest BCUT2D eigenvalue weighted by Gasteiger charge is 2.39. The van der Waals surface area contributed by atoms with Gasteiger partial charge in [-0.2, -0.15) is 0 Å². The first-order valence-corrected chi connectivity index (χ1v) is 9.38. The molecule has 1 atom stereocenters. The molecule has 1 heterocycles. The quantitative estimate of drug-likeness (QED) is 0.519. The molecule has 0 saturated carbocycles. The number of benzene rings is 1. The summed E-state index contributed by atoms with van der Waals surface area (Å²) in [5.41, 5.74) is -1.47. The summed E-state index contributed by atoms with van der Waals surface area (Å²) in [5, 5.41) is 30.5. The van der Waals surface area contributed by atoms with Crippen molar-refractivity contribution in [2.24, 2.45) is 0 Å². The normalized spacial score (nSPS) is 17.6. The summed E-state index contributed by atoms with van der Waals surface area (Å²) in [6.07, 6.45) is -0.579. The molecule has 1 aromatic carbocycles. The number of hydrogen-bond donors (Lipinski definition) is 3. The topological polar surface area (TPSA) is 91.6 Å². The molecule has 27 heavy (non-hydrogen) atoms. The molecule has 152 valence electrons. The number of β-amino-alcohol motifs (C(OH)–C–C–N with tert-alkyl or cyclic N) is 1. The number of aliphatic hydroxyl groups excluding tert-OH is 1. The van der Waals surface area contributed by atoms with Crippen LogP contribution in [0, 0.1) is 0 Å². The fraction of sp³-hybridized carbons (Fsp3) is 0.684. The lowest BCUT2D eigenvalue weighted by molar-refractivity contribution is -0.0982. The third-order valence-electron chi connectivity index (χ3n) is 5.06. The minimum Gasteiger partial charge on any atom is -0.491 e. The van der Waals surface area contributed by atoms with Crippen LogP contribution in [0.3, 0.4) is 0 Å². The lowest BCUT2D eigenvalue weighted by atomic mass is 9.76. The molecule has 1 fully saturated rings. The van der Waals surface area contributed by atoms with Crippen LogP contribution in [0.1, 0.15) is 27.7 Å². The van der Waals surface area contributed by atoms with E-state index in [2.05, 4.69) is 4.90 Å². The summed E-state index contributed by atoms with van der Waals surface area (Å²) in [6.45, 7) is 10.5. The van der Waals surface area contributed by atoms with Crippen molar-refractivity contribution in [2.75, 3.05) is 39.5 Å². The maximum atomic E-state index is 10.3. The largest absolute Gasteiger partial charge is 0.491 e. The third-order valence-corrected chi connectivity index (χ3v) is 5.06. The Bertz CT molecular complexity index is 569. The summed E-state index contributed by atoms with van der Waals surface area (Å²) < 4.78 is 16.5. The van der Waals surface area contributed by atoms with E-state index in [0.29, 0.717) is 31.0 Å². The number of rotatable bonds is 9. The minimum atomic E-state index is -1.16. The van der Waals surface area contributed by atoms with Gasteiger partial charge in [-0.1, -0.05) is 12.1 Å². The second kappa shape index (κ2) is 9.36. The monoisotopic (exact) mass is 381 g/mol. The molecule has 1 unspecified atom stereocenters. The van der Waals surface area contributed by atoms with Gasteiger partial charge in [0.05, 0.1) is 24.4 Å². The van der Waals surface area contributed by atoms with Crippen molar-refractivity contribution >= 4 is 12.6 Å². The Hall–Kier alpha value is -1.16. The van der Waals surface area contributed by atoms with Crippen LogP contribution >= 0.6 is 0 Å². The van der Waals surface area contributed by atoms with E-state index in [4.69, 9.17) is 14.1 Å². The highest BCUT2D eigenvalue weighted by molar-refractivity contribution is 6.60. The number of ether oxygens (including phenoxy) is 2. The Labute approximate surface area is 162 Å². The van der Waals surface area contributed by atoms with Gasteiger partial charge in [-0.05, 0) is 45.3 Å². The van der Waals surface area contributed by atoms with E-state index < -0.39 is 24.4 Å². The number of nitrogens with zero attached hydrogens (tertiary/aromatic N) is 1. The highest BCUT2D eigenvalue weighted by atomic mass is 16.5. The minimum absolute atomic E-state index is 0.196. The van der Waals surface area contributed by atoms with Crippen molar-refractivity contribution in [3.8, 4) is 5.75 Å². The molecule has 0 aliphatic carbocycles. The Morgan fingerprint density at radius 1 is 1.15 bits per heavy atom. The van der Waals surface area contributed by atoms with Crippen LogP contribution in [0.4, 0.5) is 0 Å². The Morgan fingerprint density at radius 2 is 1.74 bits per heavy atom. The van der Waals surface area contributed by atoms with Gasteiger partial charge in [0.25, 0.3) is 0 Å².